The predicted octanol–water partition coefficient (Wildman–Crippen LogP) is 3.06. The zero-order valence-corrected chi connectivity index (χ0v) is 12.1. The zero-order chi connectivity index (χ0) is 15.0. The number of carbonyl (C=O) groups excluding carboxylic acids is 1. The van der Waals surface area contributed by atoms with Gasteiger partial charge in [-0.05, 0) is 51.8 Å². The fraction of sp³-hybridized carbons (Fsp3) is 0.533. The number of carbonyl (C=O) groups is 1. The van der Waals surface area contributed by atoms with E-state index in [4.69, 9.17) is 10.5 Å². The number of amides is 1. The largest absolute Gasteiger partial charge is 0.443 e. The average Bonchev–Trinajstić information content (AvgIpc) is 3.02. The Bertz CT molecular complexity index is 507. The molecule has 1 aromatic rings. The monoisotopic (exact) mass is 280 g/mol. The van der Waals surface area contributed by atoms with Crippen molar-refractivity contribution in [3.63, 3.8) is 0 Å². The summed E-state index contributed by atoms with van der Waals surface area (Å²) < 4.78 is 18.7. The van der Waals surface area contributed by atoms with Gasteiger partial charge in [-0.15, -0.1) is 0 Å². The third-order valence-corrected chi connectivity index (χ3v) is 3.10. The molecule has 0 atom stereocenters. The molecular weight excluding hydrogens is 259 g/mol. The summed E-state index contributed by atoms with van der Waals surface area (Å²) in [6.07, 6.45) is 1.23. The first kappa shape index (κ1) is 14.8. The molecule has 110 valence electrons. The Morgan fingerprint density at radius 1 is 1.45 bits per heavy atom. The molecule has 0 spiro atoms. The second-order valence-electron chi connectivity index (χ2n) is 6.41. The first-order chi connectivity index (χ1) is 9.19. The fourth-order valence-electron chi connectivity index (χ4n) is 1.86. The van der Waals surface area contributed by atoms with Gasteiger partial charge in [-0.2, -0.15) is 0 Å². The van der Waals surface area contributed by atoms with E-state index < -0.39 is 17.5 Å². The van der Waals surface area contributed by atoms with E-state index in [1.165, 1.54) is 17.0 Å². The number of halogens is 1. The highest BCUT2D eigenvalue weighted by Gasteiger charge is 2.42. The molecule has 0 heterocycles. The molecule has 0 aliphatic heterocycles. The summed E-state index contributed by atoms with van der Waals surface area (Å²) in [5.74, 6) is -0.391. The number of nitrogens with two attached hydrogens (primary N) is 1. The second kappa shape index (κ2) is 5.05. The average molecular weight is 280 g/mol. The highest BCUT2D eigenvalue weighted by Crippen LogP contribution is 2.35. The Hall–Kier alpha value is -1.62. The number of anilines is 1. The third-order valence-electron chi connectivity index (χ3n) is 3.10. The molecule has 4 nitrogen and oxygen atoms in total. The van der Waals surface area contributed by atoms with E-state index in [1.54, 1.807) is 32.9 Å². The van der Waals surface area contributed by atoms with Gasteiger partial charge < -0.3 is 10.5 Å². The van der Waals surface area contributed by atoms with Gasteiger partial charge in [-0.1, -0.05) is 6.07 Å². The van der Waals surface area contributed by atoms with Crippen LogP contribution in [-0.2, 0) is 4.74 Å². The lowest BCUT2D eigenvalue weighted by Gasteiger charge is -2.29. The molecule has 0 aromatic heterocycles. The normalized spacial score (nSPS) is 16.6. The van der Waals surface area contributed by atoms with Gasteiger partial charge in [-0.25, -0.2) is 9.18 Å². The molecule has 1 aliphatic rings. The summed E-state index contributed by atoms with van der Waals surface area (Å²) in [7, 11) is 0. The van der Waals surface area contributed by atoms with Crippen molar-refractivity contribution in [2.24, 2.45) is 5.73 Å². The van der Waals surface area contributed by atoms with Crippen molar-refractivity contribution in [2.45, 2.75) is 44.8 Å². The van der Waals surface area contributed by atoms with E-state index >= 15 is 0 Å². The van der Waals surface area contributed by atoms with Gasteiger partial charge in [0.25, 0.3) is 0 Å². The van der Waals surface area contributed by atoms with E-state index in [1.807, 2.05) is 0 Å². The summed E-state index contributed by atoms with van der Waals surface area (Å²) >= 11 is 0. The smallest absolute Gasteiger partial charge is 0.414 e. The van der Waals surface area contributed by atoms with Crippen LogP contribution < -0.4 is 10.6 Å². The molecule has 5 heteroatoms. The molecular formula is C15H21FN2O2. The van der Waals surface area contributed by atoms with Gasteiger partial charge in [0.1, 0.15) is 11.4 Å². The van der Waals surface area contributed by atoms with Gasteiger partial charge in [0, 0.05) is 12.1 Å². The highest BCUT2D eigenvalue weighted by molar-refractivity contribution is 5.88. The summed E-state index contributed by atoms with van der Waals surface area (Å²) in [5.41, 5.74) is 5.57. The van der Waals surface area contributed by atoms with E-state index in [0.29, 0.717) is 12.2 Å². The maximum Gasteiger partial charge on any atom is 0.414 e. The van der Waals surface area contributed by atoms with Crippen LogP contribution in [0.2, 0.25) is 0 Å². The van der Waals surface area contributed by atoms with Crippen LogP contribution in [0, 0.1) is 5.82 Å². The third kappa shape index (κ3) is 3.93. The molecule has 2 rings (SSSR count). The van der Waals surface area contributed by atoms with Crippen molar-refractivity contribution in [1.82, 2.24) is 0 Å². The molecule has 1 aromatic carbocycles. The maximum absolute atomic E-state index is 13.4. The van der Waals surface area contributed by atoms with Crippen molar-refractivity contribution in [3.8, 4) is 0 Å². The number of rotatable bonds is 3. The van der Waals surface area contributed by atoms with Gasteiger partial charge in [0.15, 0.2) is 0 Å². The number of hydrogen-bond acceptors (Lipinski definition) is 3. The Kier molecular flexibility index (Phi) is 3.73. The zero-order valence-electron chi connectivity index (χ0n) is 12.1. The summed E-state index contributed by atoms with van der Waals surface area (Å²) in [5, 5.41) is 0. The first-order valence-corrected chi connectivity index (χ1v) is 6.74. The van der Waals surface area contributed by atoms with Crippen molar-refractivity contribution in [2.75, 3.05) is 11.4 Å². The van der Waals surface area contributed by atoms with E-state index in [0.717, 1.165) is 12.8 Å². The lowest BCUT2D eigenvalue weighted by Crippen LogP contribution is -2.45. The second-order valence-corrected chi connectivity index (χ2v) is 6.41. The van der Waals surface area contributed by atoms with Gasteiger partial charge in [-0.3, -0.25) is 4.90 Å². The Balaban J connectivity index is 2.22. The van der Waals surface area contributed by atoms with Crippen molar-refractivity contribution >= 4 is 11.8 Å². The lowest BCUT2D eigenvalue weighted by atomic mass is 10.2. The van der Waals surface area contributed by atoms with Gasteiger partial charge in [0.05, 0.1) is 5.69 Å². The van der Waals surface area contributed by atoms with E-state index in [2.05, 4.69) is 0 Å². The standard InChI is InChI=1S/C15H21FN2O2/c1-14(2,3)20-13(19)18(10-15(17)7-8-15)12-6-4-5-11(16)9-12/h4-6,9H,7-8,10,17H2,1-3H3. The summed E-state index contributed by atoms with van der Waals surface area (Å²) in [6.45, 7) is 5.73. The topological polar surface area (TPSA) is 55.6 Å². The predicted molar refractivity (Wildman–Crippen MR) is 76.1 cm³/mol. The van der Waals surface area contributed by atoms with Gasteiger partial charge >= 0.3 is 6.09 Å². The molecule has 1 aliphatic carbocycles. The molecule has 2 N–H and O–H groups in total. The summed E-state index contributed by atoms with van der Waals surface area (Å²) in [6, 6.07) is 5.90. The Morgan fingerprint density at radius 3 is 2.60 bits per heavy atom. The van der Waals surface area contributed by atoms with Crippen LogP contribution in [0.3, 0.4) is 0 Å². The number of nitrogens with zero attached hydrogens (tertiary/aromatic N) is 1. The number of benzene rings is 1. The van der Waals surface area contributed by atoms with Crippen molar-refractivity contribution < 1.29 is 13.9 Å². The minimum atomic E-state index is -0.603. The van der Waals surface area contributed by atoms with Crippen LogP contribution in [0.1, 0.15) is 33.6 Å². The minimum absolute atomic E-state index is 0.339. The van der Waals surface area contributed by atoms with E-state index in [9.17, 15) is 9.18 Å². The number of ether oxygens (including phenoxy) is 1. The van der Waals surface area contributed by atoms with Crippen LogP contribution in [0.15, 0.2) is 24.3 Å². The molecule has 0 saturated heterocycles. The molecule has 1 fully saturated rings. The van der Waals surface area contributed by atoms with Crippen LogP contribution >= 0.6 is 0 Å². The maximum atomic E-state index is 13.4. The highest BCUT2D eigenvalue weighted by atomic mass is 19.1. The first-order valence-electron chi connectivity index (χ1n) is 6.74. The van der Waals surface area contributed by atoms with Crippen molar-refractivity contribution in [3.05, 3.63) is 30.1 Å². The lowest BCUT2D eigenvalue weighted by molar-refractivity contribution is 0.0577. The van der Waals surface area contributed by atoms with Crippen LogP contribution in [-0.4, -0.2) is 23.8 Å². The molecule has 1 saturated carbocycles. The minimum Gasteiger partial charge on any atom is -0.443 e. The van der Waals surface area contributed by atoms with Crippen molar-refractivity contribution in [1.29, 1.82) is 0 Å². The Morgan fingerprint density at radius 2 is 2.10 bits per heavy atom. The molecule has 1 amide bonds. The molecule has 0 radical (unpaired) electrons. The SMILES string of the molecule is CC(C)(C)OC(=O)N(CC1(N)CC1)c1cccc(F)c1. The van der Waals surface area contributed by atoms with Crippen LogP contribution in [0.4, 0.5) is 14.9 Å². The van der Waals surface area contributed by atoms with Crippen LogP contribution in [0.25, 0.3) is 0 Å². The van der Waals surface area contributed by atoms with Gasteiger partial charge in [0.2, 0.25) is 0 Å². The number of hydrogen-bond donors (Lipinski definition) is 1. The molecule has 0 unspecified atom stereocenters. The van der Waals surface area contributed by atoms with Crippen LogP contribution in [0.5, 0.6) is 0 Å². The summed E-state index contributed by atoms with van der Waals surface area (Å²) in [4.78, 5) is 13.7. The Labute approximate surface area is 118 Å². The molecule has 0 bridgehead atoms. The fourth-order valence-corrected chi connectivity index (χ4v) is 1.86. The quantitative estimate of drug-likeness (QED) is 0.925. The van der Waals surface area contributed by atoms with E-state index in [-0.39, 0.29) is 5.54 Å². The molecule has 20 heavy (non-hydrogen) atoms.